The van der Waals surface area contributed by atoms with Gasteiger partial charge in [0.1, 0.15) is 11.9 Å². The lowest BCUT2D eigenvalue weighted by Gasteiger charge is -2.39. The molecular formula is C18H16FN3O4. The van der Waals surface area contributed by atoms with E-state index in [1.807, 2.05) is 0 Å². The molecule has 1 atom stereocenters. The van der Waals surface area contributed by atoms with Crippen molar-refractivity contribution in [1.29, 1.82) is 0 Å². The lowest BCUT2D eigenvalue weighted by molar-refractivity contribution is -0.384. The van der Waals surface area contributed by atoms with E-state index in [-0.39, 0.29) is 35.4 Å². The third-order valence-electron chi connectivity index (χ3n) is 4.38. The van der Waals surface area contributed by atoms with Gasteiger partial charge in [0.2, 0.25) is 5.91 Å². The zero-order valence-electron chi connectivity index (χ0n) is 14.0. The van der Waals surface area contributed by atoms with Crippen LogP contribution in [0, 0.1) is 15.9 Å². The number of nitro benzene ring substituents is 1. The number of carbonyl (C=O) groups is 2. The zero-order valence-corrected chi connectivity index (χ0v) is 14.0. The quantitative estimate of drug-likeness (QED) is 0.624. The molecule has 1 aliphatic rings. The molecule has 2 aromatic rings. The van der Waals surface area contributed by atoms with E-state index in [1.165, 1.54) is 58.3 Å². The minimum atomic E-state index is -0.698. The molecule has 1 fully saturated rings. The molecule has 7 nitrogen and oxygen atoms in total. The molecule has 0 spiro atoms. The van der Waals surface area contributed by atoms with Crippen molar-refractivity contribution < 1.29 is 18.9 Å². The van der Waals surface area contributed by atoms with Gasteiger partial charge in [-0.2, -0.15) is 0 Å². The summed E-state index contributed by atoms with van der Waals surface area (Å²) < 4.78 is 13.1. The Morgan fingerprint density at radius 3 is 2.31 bits per heavy atom. The van der Waals surface area contributed by atoms with Crippen LogP contribution in [0.25, 0.3) is 0 Å². The summed E-state index contributed by atoms with van der Waals surface area (Å²) in [5, 5.41) is 10.7. The van der Waals surface area contributed by atoms with Gasteiger partial charge in [0.15, 0.2) is 0 Å². The zero-order chi connectivity index (χ0) is 18.8. The Kier molecular flexibility index (Phi) is 4.66. The molecular weight excluding hydrogens is 341 g/mol. The molecule has 0 saturated carbocycles. The van der Waals surface area contributed by atoms with Crippen molar-refractivity contribution in [2.75, 3.05) is 18.0 Å². The van der Waals surface area contributed by atoms with E-state index in [4.69, 9.17) is 0 Å². The summed E-state index contributed by atoms with van der Waals surface area (Å²) in [6.45, 7) is 2.22. The van der Waals surface area contributed by atoms with Crippen molar-refractivity contribution in [3.05, 3.63) is 70.0 Å². The molecule has 2 aromatic carbocycles. The fourth-order valence-corrected chi connectivity index (χ4v) is 2.92. The predicted octanol–water partition coefficient (Wildman–Crippen LogP) is 2.61. The number of nitro groups is 1. The molecule has 3 rings (SSSR count). The number of benzene rings is 2. The van der Waals surface area contributed by atoms with Crippen LogP contribution in [-0.4, -0.2) is 40.8 Å². The fourth-order valence-electron chi connectivity index (χ4n) is 2.92. The molecule has 2 amide bonds. The number of hydrogen-bond donors (Lipinski definition) is 0. The van der Waals surface area contributed by atoms with Gasteiger partial charge < -0.3 is 9.80 Å². The van der Waals surface area contributed by atoms with Crippen molar-refractivity contribution in [2.45, 2.75) is 13.0 Å². The molecule has 0 unspecified atom stereocenters. The van der Waals surface area contributed by atoms with Gasteiger partial charge in [0.25, 0.3) is 11.6 Å². The van der Waals surface area contributed by atoms with Gasteiger partial charge in [0, 0.05) is 36.5 Å². The van der Waals surface area contributed by atoms with E-state index < -0.39 is 11.0 Å². The standard InChI is InChI=1S/C18H16FN3O4/c1-12-17(23)21(15-8-4-14(19)5-9-15)11-10-20(12)18(24)13-2-6-16(7-3-13)22(25)26/h2-9,12H,10-11H2,1H3/t12-/m0/s1. The maximum Gasteiger partial charge on any atom is 0.269 e. The first kappa shape index (κ1) is 17.5. The monoisotopic (exact) mass is 357 g/mol. The second kappa shape index (κ2) is 6.91. The van der Waals surface area contributed by atoms with Gasteiger partial charge in [0.05, 0.1) is 4.92 Å². The predicted molar refractivity (Wildman–Crippen MR) is 92.3 cm³/mol. The minimum absolute atomic E-state index is 0.105. The van der Waals surface area contributed by atoms with Gasteiger partial charge in [-0.05, 0) is 43.3 Å². The lowest BCUT2D eigenvalue weighted by atomic mass is 10.1. The summed E-state index contributed by atoms with van der Waals surface area (Å²) in [5.41, 5.74) is 0.753. The van der Waals surface area contributed by atoms with Crippen LogP contribution in [0.5, 0.6) is 0 Å². The number of carbonyl (C=O) groups excluding carboxylic acids is 2. The molecule has 8 heteroatoms. The number of non-ortho nitro benzene ring substituents is 1. The first-order valence-corrected chi connectivity index (χ1v) is 8.01. The first-order chi connectivity index (χ1) is 12.4. The van der Waals surface area contributed by atoms with Gasteiger partial charge in [-0.3, -0.25) is 19.7 Å². The number of nitrogens with zero attached hydrogens (tertiary/aromatic N) is 3. The highest BCUT2D eigenvalue weighted by atomic mass is 19.1. The number of hydrogen-bond acceptors (Lipinski definition) is 4. The van der Waals surface area contributed by atoms with Crippen molar-refractivity contribution in [3.63, 3.8) is 0 Å². The summed E-state index contributed by atoms with van der Waals surface area (Å²) in [7, 11) is 0. The van der Waals surface area contributed by atoms with E-state index >= 15 is 0 Å². The Morgan fingerprint density at radius 1 is 1.12 bits per heavy atom. The highest BCUT2D eigenvalue weighted by molar-refractivity contribution is 6.03. The number of piperazine rings is 1. The molecule has 0 aromatic heterocycles. The topological polar surface area (TPSA) is 83.8 Å². The lowest BCUT2D eigenvalue weighted by Crippen LogP contribution is -2.57. The van der Waals surface area contributed by atoms with E-state index in [0.717, 1.165) is 0 Å². The molecule has 1 aliphatic heterocycles. The average Bonchev–Trinajstić information content (AvgIpc) is 2.64. The third-order valence-corrected chi connectivity index (χ3v) is 4.38. The average molecular weight is 357 g/mol. The van der Waals surface area contributed by atoms with Crippen LogP contribution in [0.2, 0.25) is 0 Å². The Balaban J connectivity index is 1.76. The van der Waals surface area contributed by atoms with Crippen LogP contribution in [0.3, 0.4) is 0 Å². The highest BCUT2D eigenvalue weighted by Gasteiger charge is 2.35. The molecule has 0 bridgehead atoms. The van der Waals surface area contributed by atoms with Crippen molar-refractivity contribution in [2.24, 2.45) is 0 Å². The third kappa shape index (κ3) is 3.26. The van der Waals surface area contributed by atoms with E-state index in [0.29, 0.717) is 12.2 Å². The summed E-state index contributed by atoms with van der Waals surface area (Å²) in [6, 6.07) is 10.2. The van der Waals surface area contributed by atoms with Crippen molar-refractivity contribution >= 4 is 23.2 Å². The maximum atomic E-state index is 13.1. The van der Waals surface area contributed by atoms with Crippen LogP contribution in [0.15, 0.2) is 48.5 Å². The first-order valence-electron chi connectivity index (χ1n) is 8.01. The number of rotatable bonds is 3. The normalized spacial score (nSPS) is 17.3. The molecule has 26 heavy (non-hydrogen) atoms. The molecule has 134 valence electrons. The van der Waals surface area contributed by atoms with E-state index in [9.17, 15) is 24.1 Å². The smallest absolute Gasteiger partial charge is 0.269 e. The maximum absolute atomic E-state index is 13.1. The molecule has 1 heterocycles. The Bertz CT molecular complexity index is 852. The fraction of sp³-hybridized carbons (Fsp3) is 0.222. The molecule has 0 radical (unpaired) electrons. The Hall–Kier alpha value is -3.29. The van der Waals surface area contributed by atoms with Crippen LogP contribution in [0.4, 0.5) is 15.8 Å². The van der Waals surface area contributed by atoms with Crippen LogP contribution in [-0.2, 0) is 4.79 Å². The summed E-state index contributed by atoms with van der Waals surface area (Å²) >= 11 is 0. The van der Waals surface area contributed by atoms with Gasteiger partial charge in [-0.25, -0.2) is 4.39 Å². The number of anilines is 1. The minimum Gasteiger partial charge on any atom is -0.325 e. The van der Waals surface area contributed by atoms with Gasteiger partial charge in [-0.1, -0.05) is 0 Å². The van der Waals surface area contributed by atoms with Crippen LogP contribution in [0.1, 0.15) is 17.3 Å². The summed E-state index contributed by atoms with van der Waals surface area (Å²) in [4.78, 5) is 38.4. The van der Waals surface area contributed by atoms with E-state index in [2.05, 4.69) is 0 Å². The summed E-state index contributed by atoms with van der Waals surface area (Å²) in [6.07, 6.45) is 0. The second-order valence-corrected chi connectivity index (χ2v) is 5.94. The highest BCUT2D eigenvalue weighted by Crippen LogP contribution is 2.22. The van der Waals surface area contributed by atoms with Crippen molar-refractivity contribution in [3.8, 4) is 0 Å². The number of amides is 2. The van der Waals surface area contributed by atoms with Gasteiger partial charge >= 0.3 is 0 Å². The summed E-state index contributed by atoms with van der Waals surface area (Å²) in [5.74, 6) is -1.01. The van der Waals surface area contributed by atoms with Crippen LogP contribution >= 0.6 is 0 Å². The van der Waals surface area contributed by atoms with E-state index in [1.54, 1.807) is 6.92 Å². The second-order valence-electron chi connectivity index (χ2n) is 5.94. The largest absolute Gasteiger partial charge is 0.325 e. The molecule has 0 N–H and O–H groups in total. The SMILES string of the molecule is C[C@H]1C(=O)N(c2ccc(F)cc2)CCN1C(=O)c1ccc([N+](=O)[O-])cc1. The Morgan fingerprint density at radius 2 is 1.73 bits per heavy atom. The van der Waals surface area contributed by atoms with Crippen LogP contribution < -0.4 is 4.90 Å². The number of halogens is 1. The molecule has 1 saturated heterocycles. The van der Waals surface area contributed by atoms with Crippen molar-refractivity contribution in [1.82, 2.24) is 4.90 Å². The van der Waals surface area contributed by atoms with Gasteiger partial charge in [-0.15, -0.1) is 0 Å². The Labute approximate surface area is 148 Å². The molecule has 0 aliphatic carbocycles.